The third-order valence-corrected chi connectivity index (χ3v) is 5.93. The van der Waals surface area contributed by atoms with E-state index in [1.807, 2.05) is 61.7 Å². The van der Waals surface area contributed by atoms with Gasteiger partial charge in [-0.1, -0.05) is 30.3 Å². The van der Waals surface area contributed by atoms with Gasteiger partial charge in [0.1, 0.15) is 11.6 Å². The minimum absolute atomic E-state index is 0.121. The number of hydrogen-bond acceptors (Lipinski definition) is 7. The lowest BCUT2D eigenvalue weighted by Gasteiger charge is -2.36. The molecule has 3 N–H and O–H groups in total. The summed E-state index contributed by atoms with van der Waals surface area (Å²) in [6.45, 7) is 5.49. The SMILES string of the molecule is CC(=O)NC(C(=O)N1CCN(c2nc(Nc3cc(C)[nH]n3)c3cccn3n2)CC1)c1ccccc1. The van der Waals surface area contributed by atoms with Crippen LogP contribution >= 0.6 is 0 Å². The number of anilines is 3. The average molecular weight is 474 g/mol. The second-order valence-electron chi connectivity index (χ2n) is 8.52. The zero-order valence-electron chi connectivity index (χ0n) is 19.6. The fourth-order valence-corrected chi connectivity index (χ4v) is 4.20. The van der Waals surface area contributed by atoms with E-state index in [2.05, 4.69) is 30.8 Å². The average Bonchev–Trinajstić information content (AvgIpc) is 3.51. The van der Waals surface area contributed by atoms with E-state index < -0.39 is 6.04 Å². The Hall–Kier alpha value is -4.41. The van der Waals surface area contributed by atoms with Crippen molar-refractivity contribution in [2.45, 2.75) is 19.9 Å². The molecule has 1 atom stereocenters. The maximum absolute atomic E-state index is 13.3. The molecule has 1 aliphatic rings. The smallest absolute Gasteiger partial charge is 0.249 e. The van der Waals surface area contributed by atoms with E-state index in [-0.39, 0.29) is 11.8 Å². The van der Waals surface area contributed by atoms with Crippen molar-refractivity contribution in [1.82, 2.24) is 35.0 Å². The third kappa shape index (κ3) is 4.79. The number of aromatic amines is 1. The molecule has 1 unspecified atom stereocenters. The minimum atomic E-state index is -0.708. The van der Waals surface area contributed by atoms with Crippen LogP contribution in [0.25, 0.3) is 5.52 Å². The summed E-state index contributed by atoms with van der Waals surface area (Å²) >= 11 is 0. The molecule has 0 bridgehead atoms. The van der Waals surface area contributed by atoms with E-state index in [1.54, 1.807) is 9.42 Å². The number of fused-ring (bicyclic) bond motifs is 1. The second kappa shape index (κ2) is 9.45. The molecule has 5 rings (SSSR count). The minimum Gasteiger partial charge on any atom is -0.341 e. The van der Waals surface area contributed by atoms with Gasteiger partial charge in [0.05, 0.1) is 0 Å². The summed E-state index contributed by atoms with van der Waals surface area (Å²) in [5.74, 6) is 1.53. The molecule has 11 nitrogen and oxygen atoms in total. The Balaban J connectivity index is 1.32. The van der Waals surface area contributed by atoms with Crippen molar-refractivity contribution in [1.29, 1.82) is 0 Å². The van der Waals surface area contributed by atoms with Crippen molar-refractivity contribution in [2.75, 3.05) is 36.4 Å². The van der Waals surface area contributed by atoms with E-state index in [0.29, 0.717) is 43.8 Å². The maximum atomic E-state index is 13.3. The number of H-pyrrole nitrogens is 1. The monoisotopic (exact) mass is 473 g/mol. The Kier molecular flexibility index (Phi) is 6.04. The van der Waals surface area contributed by atoms with Crippen LogP contribution in [-0.2, 0) is 9.59 Å². The van der Waals surface area contributed by atoms with Gasteiger partial charge in [0, 0.05) is 51.1 Å². The van der Waals surface area contributed by atoms with Gasteiger partial charge in [0.25, 0.3) is 0 Å². The van der Waals surface area contributed by atoms with E-state index in [0.717, 1.165) is 16.8 Å². The molecule has 11 heteroatoms. The van der Waals surface area contributed by atoms with Crippen LogP contribution in [0.5, 0.6) is 0 Å². The van der Waals surface area contributed by atoms with E-state index in [1.165, 1.54) is 6.92 Å². The number of nitrogens with one attached hydrogen (secondary N) is 3. The van der Waals surface area contributed by atoms with Gasteiger partial charge in [0.2, 0.25) is 17.8 Å². The zero-order chi connectivity index (χ0) is 24.4. The highest BCUT2D eigenvalue weighted by Gasteiger charge is 2.30. The molecule has 35 heavy (non-hydrogen) atoms. The molecule has 4 aromatic rings. The van der Waals surface area contributed by atoms with Gasteiger partial charge in [-0.15, -0.1) is 5.10 Å². The maximum Gasteiger partial charge on any atom is 0.249 e. The van der Waals surface area contributed by atoms with Crippen molar-refractivity contribution < 1.29 is 9.59 Å². The first-order chi connectivity index (χ1) is 17.0. The summed E-state index contributed by atoms with van der Waals surface area (Å²) in [6.07, 6.45) is 1.87. The van der Waals surface area contributed by atoms with E-state index >= 15 is 0 Å². The van der Waals surface area contributed by atoms with Crippen molar-refractivity contribution in [3.05, 3.63) is 66.0 Å². The number of benzene rings is 1. The number of piperazine rings is 1. The summed E-state index contributed by atoms with van der Waals surface area (Å²) in [4.78, 5) is 33.7. The van der Waals surface area contributed by atoms with E-state index in [9.17, 15) is 9.59 Å². The Morgan fingerprint density at radius 1 is 1.06 bits per heavy atom. The number of aromatic nitrogens is 5. The molecular formula is C24H27N9O2. The molecule has 0 radical (unpaired) electrons. The van der Waals surface area contributed by atoms with Gasteiger partial charge in [0.15, 0.2) is 11.6 Å². The second-order valence-corrected chi connectivity index (χ2v) is 8.52. The van der Waals surface area contributed by atoms with Crippen molar-refractivity contribution in [2.24, 2.45) is 0 Å². The van der Waals surface area contributed by atoms with Gasteiger partial charge in [-0.3, -0.25) is 14.7 Å². The van der Waals surface area contributed by atoms with Crippen molar-refractivity contribution >= 4 is 34.9 Å². The highest BCUT2D eigenvalue weighted by molar-refractivity contribution is 5.88. The summed E-state index contributed by atoms with van der Waals surface area (Å²) in [5, 5.41) is 17.9. The Labute approximate surface area is 202 Å². The third-order valence-electron chi connectivity index (χ3n) is 5.93. The van der Waals surface area contributed by atoms with E-state index in [4.69, 9.17) is 4.98 Å². The number of rotatable bonds is 6. The van der Waals surface area contributed by atoms with Gasteiger partial charge >= 0.3 is 0 Å². The highest BCUT2D eigenvalue weighted by atomic mass is 16.2. The normalized spacial score (nSPS) is 14.7. The van der Waals surface area contributed by atoms with Crippen LogP contribution in [0.1, 0.15) is 24.2 Å². The molecule has 3 aromatic heterocycles. The summed E-state index contributed by atoms with van der Waals surface area (Å²) in [5.41, 5.74) is 2.55. The zero-order valence-corrected chi connectivity index (χ0v) is 19.6. The molecule has 4 heterocycles. The molecule has 0 spiro atoms. The number of hydrogen-bond donors (Lipinski definition) is 3. The Morgan fingerprint density at radius 2 is 1.83 bits per heavy atom. The summed E-state index contributed by atoms with van der Waals surface area (Å²) in [7, 11) is 0. The number of nitrogens with zero attached hydrogens (tertiary/aromatic N) is 6. The number of aryl methyl sites for hydroxylation is 1. The molecule has 1 aromatic carbocycles. The topological polar surface area (TPSA) is 124 Å². The largest absolute Gasteiger partial charge is 0.341 e. The van der Waals surface area contributed by atoms with Crippen molar-refractivity contribution in [3.8, 4) is 0 Å². The standard InChI is InChI=1S/C24H27N9O2/c1-16-15-20(29-28-16)26-22-19-9-6-10-33(19)30-24(27-22)32-13-11-31(12-14-32)23(35)21(25-17(2)34)18-7-4-3-5-8-18/h3-10,15,21H,11-14H2,1-2H3,(H,25,34)(H2,26,27,28,29,30). The van der Waals surface area contributed by atoms with Crippen LogP contribution in [0, 0.1) is 6.92 Å². The molecule has 2 amide bonds. The lowest BCUT2D eigenvalue weighted by atomic mass is 10.0. The number of carbonyl (C=O) groups is 2. The fourth-order valence-electron chi connectivity index (χ4n) is 4.20. The van der Waals surface area contributed by atoms with Gasteiger partial charge in [-0.25, -0.2) is 4.52 Å². The van der Waals surface area contributed by atoms with Gasteiger partial charge < -0.3 is 20.4 Å². The first-order valence-electron chi connectivity index (χ1n) is 11.5. The van der Waals surface area contributed by atoms with Crippen LogP contribution in [0.4, 0.5) is 17.6 Å². The quantitative estimate of drug-likeness (QED) is 0.391. The summed E-state index contributed by atoms with van der Waals surface area (Å²) < 4.78 is 1.78. The first kappa shape index (κ1) is 22.4. The molecule has 0 saturated carbocycles. The number of amides is 2. The van der Waals surface area contributed by atoms with Crippen LogP contribution in [0.2, 0.25) is 0 Å². The molecule has 1 fully saturated rings. The van der Waals surface area contributed by atoms with Gasteiger partial charge in [-0.2, -0.15) is 10.1 Å². The van der Waals surface area contributed by atoms with Gasteiger partial charge in [-0.05, 0) is 24.6 Å². The lowest BCUT2D eigenvalue weighted by molar-refractivity contribution is -0.136. The Morgan fingerprint density at radius 3 is 2.51 bits per heavy atom. The molecule has 1 aliphatic heterocycles. The lowest BCUT2D eigenvalue weighted by Crippen LogP contribution is -2.52. The van der Waals surface area contributed by atoms with Crippen molar-refractivity contribution in [3.63, 3.8) is 0 Å². The Bertz CT molecular complexity index is 1340. The predicted octanol–water partition coefficient (Wildman–Crippen LogP) is 2.03. The van der Waals surface area contributed by atoms with Crippen LogP contribution in [0.15, 0.2) is 54.7 Å². The van der Waals surface area contributed by atoms with Crippen LogP contribution in [-0.4, -0.2) is 67.7 Å². The molecule has 0 aliphatic carbocycles. The summed E-state index contributed by atoms with van der Waals surface area (Å²) in [6, 6.07) is 14.4. The molecular weight excluding hydrogens is 446 g/mol. The first-order valence-corrected chi connectivity index (χ1v) is 11.5. The van der Waals surface area contributed by atoms with Crippen LogP contribution < -0.4 is 15.5 Å². The predicted molar refractivity (Wildman–Crippen MR) is 131 cm³/mol. The fraction of sp³-hybridized carbons (Fsp3) is 0.292. The van der Waals surface area contributed by atoms with Crippen LogP contribution in [0.3, 0.4) is 0 Å². The molecule has 1 saturated heterocycles. The highest BCUT2D eigenvalue weighted by Crippen LogP contribution is 2.23. The number of carbonyl (C=O) groups excluding carboxylic acids is 2. The molecule has 180 valence electrons.